The molecule has 2 N–H and O–H groups in total. The highest BCUT2D eigenvalue weighted by Crippen LogP contribution is 2.28. The quantitative estimate of drug-likeness (QED) is 0.786. The van der Waals surface area contributed by atoms with Crippen molar-refractivity contribution in [3.05, 3.63) is 18.0 Å². The maximum atomic E-state index is 5.70. The van der Waals surface area contributed by atoms with Crippen molar-refractivity contribution in [3.63, 3.8) is 0 Å². The summed E-state index contributed by atoms with van der Waals surface area (Å²) in [5.74, 6) is 0.252. The van der Waals surface area contributed by atoms with Gasteiger partial charge in [-0.1, -0.05) is 38.9 Å². The molecule has 1 aromatic heterocycles. The van der Waals surface area contributed by atoms with Gasteiger partial charge in [0.1, 0.15) is 0 Å². The third kappa shape index (κ3) is 4.03. The lowest BCUT2D eigenvalue weighted by molar-refractivity contribution is 0.259. The van der Waals surface area contributed by atoms with Crippen LogP contribution in [0.1, 0.15) is 51.3 Å². The molecule has 1 saturated carbocycles. The van der Waals surface area contributed by atoms with Crippen LogP contribution in [-0.2, 0) is 6.54 Å². The molecule has 1 aromatic rings. The van der Waals surface area contributed by atoms with Crippen molar-refractivity contribution in [3.8, 4) is 0 Å². The molecule has 20 heavy (non-hydrogen) atoms. The Morgan fingerprint density at radius 3 is 2.85 bits per heavy atom. The van der Waals surface area contributed by atoms with Gasteiger partial charge in [0.15, 0.2) is 0 Å². The zero-order valence-electron chi connectivity index (χ0n) is 12.6. The number of thiocarbonyl (C=S) groups is 1. The second-order valence-electron chi connectivity index (χ2n) is 5.86. The summed E-state index contributed by atoms with van der Waals surface area (Å²) in [6.45, 7) is 7.02. The van der Waals surface area contributed by atoms with E-state index < -0.39 is 0 Å². The molecule has 1 fully saturated rings. The summed E-state index contributed by atoms with van der Waals surface area (Å²) >= 11 is 5.06. The number of aromatic nitrogens is 2. The Morgan fingerprint density at radius 2 is 2.25 bits per heavy atom. The molecule has 1 heterocycles. The van der Waals surface area contributed by atoms with Crippen LogP contribution >= 0.6 is 12.2 Å². The van der Waals surface area contributed by atoms with E-state index in [9.17, 15) is 0 Å². The number of rotatable bonds is 7. The average Bonchev–Trinajstić information content (AvgIpc) is 3.08. The molecular weight excluding hydrogens is 268 g/mol. The largest absolute Gasteiger partial charge is 0.393 e. The van der Waals surface area contributed by atoms with Gasteiger partial charge in [-0.25, -0.2) is 0 Å². The van der Waals surface area contributed by atoms with Gasteiger partial charge in [0, 0.05) is 25.2 Å². The minimum Gasteiger partial charge on any atom is -0.393 e. The van der Waals surface area contributed by atoms with Crippen LogP contribution in [0.25, 0.3) is 0 Å². The highest BCUT2D eigenvalue weighted by Gasteiger charge is 2.18. The summed E-state index contributed by atoms with van der Waals surface area (Å²) in [5, 5.41) is 4.74. The molecule has 0 saturated heterocycles. The Balaban J connectivity index is 1.92. The van der Waals surface area contributed by atoms with Gasteiger partial charge in [0.05, 0.1) is 16.7 Å². The summed E-state index contributed by atoms with van der Waals surface area (Å²) < 4.78 is 2.16. The molecule has 0 aromatic carbocycles. The topological polar surface area (TPSA) is 47.1 Å². The average molecular weight is 294 g/mol. The van der Waals surface area contributed by atoms with Gasteiger partial charge in [-0.05, 0) is 25.5 Å². The van der Waals surface area contributed by atoms with Crippen LogP contribution in [0.3, 0.4) is 0 Å². The fourth-order valence-corrected chi connectivity index (χ4v) is 2.92. The van der Waals surface area contributed by atoms with Crippen molar-refractivity contribution in [1.82, 2.24) is 14.7 Å². The van der Waals surface area contributed by atoms with E-state index >= 15 is 0 Å². The maximum absolute atomic E-state index is 5.70. The molecule has 1 atom stereocenters. The summed E-state index contributed by atoms with van der Waals surface area (Å²) in [6.07, 6.45) is 7.36. The van der Waals surface area contributed by atoms with Crippen molar-refractivity contribution >= 4 is 17.2 Å². The SMILES string of the molecule is CCN(Cc1ccn(C2CCCC2)n1)CC(C)C(N)=S. The minimum absolute atomic E-state index is 0.252. The zero-order valence-corrected chi connectivity index (χ0v) is 13.4. The van der Waals surface area contributed by atoms with E-state index in [2.05, 4.69) is 35.7 Å². The third-order valence-electron chi connectivity index (χ3n) is 4.21. The smallest absolute Gasteiger partial charge is 0.0768 e. The van der Waals surface area contributed by atoms with Gasteiger partial charge in [0.2, 0.25) is 0 Å². The molecule has 1 aliphatic carbocycles. The van der Waals surface area contributed by atoms with Gasteiger partial charge >= 0.3 is 0 Å². The molecular formula is C15H26N4S. The second kappa shape index (κ2) is 7.18. The van der Waals surface area contributed by atoms with Crippen molar-refractivity contribution in [1.29, 1.82) is 0 Å². The molecule has 1 aliphatic rings. The van der Waals surface area contributed by atoms with Crippen LogP contribution in [0.5, 0.6) is 0 Å². The van der Waals surface area contributed by atoms with Crippen molar-refractivity contribution in [2.45, 2.75) is 52.1 Å². The zero-order chi connectivity index (χ0) is 14.5. The molecule has 5 heteroatoms. The molecule has 0 bridgehead atoms. The first-order chi connectivity index (χ1) is 9.60. The minimum atomic E-state index is 0.252. The summed E-state index contributed by atoms with van der Waals surface area (Å²) in [6, 6.07) is 2.77. The van der Waals surface area contributed by atoms with Crippen molar-refractivity contribution in [2.24, 2.45) is 11.7 Å². The Hall–Kier alpha value is -0.940. The van der Waals surface area contributed by atoms with Crippen LogP contribution in [0.2, 0.25) is 0 Å². The number of nitrogens with two attached hydrogens (primary N) is 1. The Kier molecular flexibility index (Phi) is 5.54. The molecule has 0 aliphatic heterocycles. The van der Waals surface area contributed by atoms with E-state index in [4.69, 9.17) is 23.1 Å². The highest BCUT2D eigenvalue weighted by molar-refractivity contribution is 7.80. The lowest BCUT2D eigenvalue weighted by atomic mass is 10.1. The van der Waals surface area contributed by atoms with Gasteiger partial charge in [-0.2, -0.15) is 5.10 Å². The van der Waals surface area contributed by atoms with E-state index in [-0.39, 0.29) is 5.92 Å². The predicted octanol–water partition coefficient (Wildman–Crippen LogP) is 2.74. The normalized spacial score (nSPS) is 17.8. The molecule has 2 rings (SSSR count). The van der Waals surface area contributed by atoms with E-state index in [1.165, 1.54) is 25.7 Å². The van der Waals surface area contributed by atoms with Gasteiger partial charge in [-0.3, -0.25) is 9.58 Å². The first-order valence-electron chi connectivity index (χ1n) is 7.65. The number of nitrogens with zero attached hydrogens (tertiary/aromatic N) is 3. The van der Waals surface area contributed by atoms with Gasteiger partial charge < -0.3 is 5.73 Å². The monoisotopic (exact) mass is 294 g/mol. The second-order valence-corrected chi connectivity index (χ2v) is 6.33. The molecule has 1 unspecified atom stereocenters. The maximum Gasteiger partial charge on any atom is 0.0768 e. The van der Waals surface area contributed by atoms with Crippen LogP contribution in [-0.4, -0.2) is 32.8 Å². The molecule has 0 amide bonds. The van der Waals surface area contributed by atoms with Gasteiger partial charge in [-0.15, -0.1) is 0 Å². The summed E-state index contributed by atoms with van der Waals surface area (Å²) in [4.78, 5) is 2.95. The number of hydrogen-bond acceptors (Lipinski definition) is 3. The predicted molar refractivity (Wildman–Crippen MR) is 86.6 cm³/mol. The molecule has 4 nitrogen and oxygen atoms in total. The summed E-state index contributed by atoms with van der Waals surface area (Å²) in [5.41, 5.74) is 6.85. The lowest BCUT2D eigenvalue weighted by Crippen LogP contribution is -2.33. The lowest BCUT2D eigenvalue weighted by Gasteiger charge is -2.22. The van der Waals surface area contributed by atoms with Crippen LogP contribution in [0, 0.1) is 5.92 Å². The summed E-state index contributed by atoms with van der Waals surface area (Å²) in [7, 11) is 0. The van der Waals surface area contributed by atoms with Crippen LogP contribution in [0.15, 0.2) is 12.3 Å². The van der Waals surface area contributed by atoms with E-state index in [1.807, 2.05) is 0 Å². The first-order valence-corrected chi connectivity index (χ1v) is 8.06. The molecule has 0 spiro atoms. The van der Waals surface area contributed by atoms with Crippen LogP contribution < -0.4 is 5.73 Å². The molecule has 0 radical (unpaired) electrons. The van der Waals surface area contributed by atoms with E-state index in [0.717, 1.165) is 25.3 Å². The van der Waals surface area contributed by atoms with Gasteiger partial charge in [0.25, 0.3) is 0 Å². The Morgan fingerprint density at radius 1 is 1.55 bits per heavy atom. The fourth-order valence-electron chi connectivity index (χ4n) is 2.85. The standard InChI is InChI=1S/C15H26N4S/c1-3-18(10-12(2)15(16)20)11-13-8-9-19(17-13)14-6-4-5-7-14/h8-9,12,14H,3-7,10-11H2,1-2H3,(H2,16,20). The van der Waals surface area contributed by atoms with Crippen molar-refractivity contribution in [2.75, 3.05) is 13.1 Å². The Labute approximate surface area is 127 Å². The highest BCUT2D eigenvalue weighted by atomic mass is 32.1. The third-order valence-corrected chi connectivity index (χ3v) is 4.62. The van der Waals surface area contributed by atoms with E-state index in [1.54, 1.807) is 0 Å². The first kappa shape index (κ1) is 15.4. The van der Waals surface area contributed by atoms with E-state index in [0.29, 0.717) is 11.0 Å². The number of hydrogen-bond donors (Lipinski definition) is 1. The Bertz CT molecular complexity index is 437. The van der Waals surface area contributed by atoms with Crippen LogP contribution in [0.4, 0.5) is 0 Å². The molecule has 112 valence electrons. The fraction of sp³-hybridized carbons (Fsp3) is 0.733. The van der Waals surface area contributed by atoms with Crippen molar-refractivity contribution < 1.29 is 0 Å².